The highest BCUT2D eigenvalue weighted by Crippen LogP contribution is 2.24. The van der Waals surface area contributed by atoms with Gasteiger partial charge in [-0.05, 0) is 13.0 Å². The monoisotopic (exact) mass is 255 g/mol. The SMILES string of the molecule is C[C@H](N)c1ccc(F)cc1OCC(=O)NC(N)=O. The standard InChI is InChI=1S/C11H14FN3O3/c1-6(13)8-3-2-7(12)4-9(8)18-5-10(16)15-11(14)17/h2-4,6H,5,13H2,1H3,(H3,14,15,16,17)/t6-/m0/s1. The average molecular weight is 255 g/mol. The first-order chi connectivity index (χ1) is 8.40. The smallest absolute Gasteiger partial charge is 0.318 e. The highest BCUT2D eigenvalue weighted by Gasteiger charge is 2.11. The Morgan fingerprint density at radius 2 is 2.17 bits per heavy atom. The molecule has 18 heavy (non-hydrogen) atoms. The lowest BCUT2D eigenvalue weighted by Gasteiger charge is -2.13. The van der Waals surface area contributed by atoms with Gasteiger partial charge in [0.25, 0.3) is 5.91 Å². The minimum absolute atomic E-state index is 0.157. The van der Waals surface area contributed by atoms with Crippen LogP contribution in [0.4, 0.5) is 9.18 Å². The van der Waals surface area contributed by atoms with E-state index in [1.54, 1.807) is 6.92 Å². The van der Waals surface area contributed by atoms with Crippen LogP contribution in [0.5, 0.6) is 5.75 Å². The Morgan fingerprint density at radius 3 is 2.72 bits per heavy atom. The van der Waals surface area contributed by atoms with Crippen molar-refractivity contribution in [3.63, 3.8) is 0 Å². The summed E-state index contributed by atoms with van der Waals surface area (Å²) in [6.07, 6.45) is 0. The fourth-order valence-electron chi connectivity index (χ4n) is 1.33. The molecule has 0 aliphatic carbocycles. The molecule has 1 aromatic carbocycles. The fourth-order valence-corrected chi connectivity index (χ4v) is 1.33. The summed E-state index contributed by atoms with van der Waals surface area (Å²) in [4.78, 5) is 21.5. The molecule has 5 N–H and O–H groups in total. The molecule has 1 aromatic rings. The van der Waals surface area contributed by atoms with Crippen LogP contribution in [0.25, 0.3) is 0 Å². The van der Waals surface area contributed by atoms with E-state index >= 15 is 0 Å². The molecular weight excluding hydrogens is 241 g/mol. The second-order valence-electron chi connectivity index (χ2n) is 3.67. The van der Waals surface area contributed by atoms with E-state index in [2.05, 4.69) is 0 Å². The van der Waals surface area contributed by atoms with Gasteiger partial charge in [-0.1, -0.05) is 6.07 Å². The number of amides is 3. The minimum atomic E-state index is -0.977. The zero-order chi connectivity index (χ0) is 13.7. The van der Waals surface area contributed by atoms with Crippen molar-refractivity contribution < 1.29 is 18.7 Å². The number of imide groups is 1. The van der Waals surface area contributed by atoms with E-state index in [0.717, 1.165) is 6.07 Å². The Bertz CT molecular complexity index is 463. The third-order valence-corrected chi connectivity index (χ3v) is 2.09. The second kappa shape index (κ2) is 5.97. The number of urea groups is 1. The Kier molecular flexibility index (Phi) is 4.61. The normalized spacial score (nSPS) is 11.7. The minimum Gasteiger partial charge on any atom is -0.483 e. The molecule has 0 saturated heterocycles. The summed E-state index contributed by atoms with van der Waals surface area (Å²) in [5.41, 5.74) is 11.0. The lowest BCUT2D eigenvalue weighted by molar-refractivity contribution is -0.121. The number of primary amides is 1. The van der Waals surface area contributed by atoms with Gasteiger partial charge in [0.1, 0.15) is 11.6 Å². The van der Waals surface area contributed by atoms with Crippen molar-refractivity contribution in [1.29, 1.82) is 0 Å². The second-order valence-corrected chi connectivity index (χ2v) is 3.67. The number of benzene rings is 1. The summed E-state index contributed by atoms with van der Waals surface area (Å²) in [6, 6.07) is 2.49. The van der Waals surface area contributed by atoms with Crippen LogP contribution in [-0.4, -0.2) is 18.5 Å². The molecule has 0 aliphatic rings. The van der Waals surface area contributed by atoms with Gasteiger partial charge in [-0.25, -0.2) is 9.18 Å². The number of rotatable bonds is 4. The lowest BCUT2D eigenvalue weighted by atomic mass is 10.1. The number of carbonyl (C=O) groups excluding carboxylic acids is 2. The fraction of sp³-hybridized carbons (Fsp3) is 0.273. The molecule has 0 heterocycles. The van der Waals surface area contributed by atoms with Gasteiger partial charge in [0.05, 0.1) is 0 Å². The average Bonchev–Trinajstić information content (AvgIpc) is 2.25. The predicted octanol–water partition coefficient (Wildman–Crippen LogP) is 0.419. The van der Waals surface area contributed by atoms with Crippen LogP contribution in [0, 0.1) is 5.82 Å². The first-order valence-electron chi connectivity index (χ1n) is 5.17. The van der Waals surface area contributed by atoms with Crippen LogP contribution >= 0.6 is 0 Å². The number of hydrogen-bond acceptors (Lipinski definition) is 4. The molecule has 1 rings (SSSR count). The molecule has 6 nitrogen and oxygen atoms in total. The maximum Gasteiger partial charge on any atom is 0.318 e. The van der Waals surface area contributed by atoms with E-state index in [4.69, 9.17) is 16.2 Å². The highest BCUT2D eigenvalue weighted by atomic mass is 19.1. The summed E-state index contributed by atoms with van der Waals surface area (Å²) >= 11 is 0. The molecule has 7 heteroatoms. The van der Waals surface area contributed by atoms with E-state index < -0.39 is 24.4 Å². The van der Waals surface area contributed by atoms with Gasteiger partial charge in [-0.2, -0.15) is 0 Å². The molecule has 0 radical (unpaired) electrons. The van der Waals surface area contributed by atoms with Crippen molar-refractivity contribution >= 4 is 11.9 Å². The van der Waals surface area contributed by atoms with Gasteiger partial charge < -0.3 is 16.2 Å². The van der Waals surface area contributed by atoms with Crippen molar-refractivity contribution in [1.82, 2.24) is 5.32 Å². The summed E-state index contributed by atoms with van der Waals surface area (Å²) in [6.45, 7) is 1.25. The van der Waals surface area contributed by atoms with E-state index in [-0.39, 0.29) is 11.8 Å². The number of carbonyl (C=O) groups is 2. The van der Waals surface area contributed by atoms with Crippen LogP contribution in [0.1, 0.15) is 18.5 Å². The van der Waals surface area contributed by atoms with Gasteiger partial charge >= 0.3 is 6.03 Å². The number of nitrogens with two attached hydrogens (primary N) is 2. The molecule has 1 atom stereocenters. The van der Waals surface area contributed by atoms with E-state index in [9.17, 15) is 14.0 Å². The summed E-state index contributed by atoms with van der Waals surface area (Å²) in [5, 5.41) is 1.83. The summed E-state index contributed by atoms with van der Waals surface area (Å²) in [7, 11) is 0. The van der Waals surface area contributed by atoms with Crippen molar-refractivity contribution in [2.24, 2.45) is 11.5 Å². The first kappa shape index (κ1) is 13.9. The Balaban J connectivity index is 2.74. The number of ether oxygens (including phenoxy) is 1. The largest absolute Gasteiger partial charge is 0.483 e. The van der Waals surface area contributed by atoms with Gasteiger partial charge in [0.15, 0.2) is 6.61 Å². The first-order valence-corrected chi connectivity index (χ1v) is 5.17. The van der Waals surface area contributed by atoms with Gasteiger partial charge in [0, 0.05) is 17.7 Å². The highest BCUT2D eigenvalue weighted by molar-refractivity contribution is 5.94. The number of halogens is 1. The van der Waals surface area contributed by atoms with Crippen LogP contribution < -0.4 is 21.5 Å². The van der Waals surface area contributed by atoms with Crippen molar-refractivity contribution in [2.75, 3.05) is 6.61 Å². The summed E-state index contributed by atoms with van der Waals surface area (Å²) in [5.74, 6) is -1.07. The van der Waals surface area contributed by atoms with E-state index in [1.807, 2.05) is 5.32 Å². The van der Waals surface area contributed by atoms with E-state index in [1.165, 1.54) is 12.1 Å². The molecule has 0 saturated carbocycles. The maximum absolute atomic E-state index is 13.0. The number of nitrogens with one attached hydrogen (secondary N) is 1. The molecule has 0 bridgehead atoms. The molecule has 0 unspecified atom stereocenters. The number of hydrogen-bond donors (Lipinski definition) is 3. The van der Waals surface area contributed by atoms with Crippen LogP contribution in [0.3, 0.4) is 0 Å². The summed E-state index contributed by atoms with van der Waals surface area (Å²) < 4.78 is 18.2. The zero-order valence-corrected chi connectivity index (χ0v) is 9.77. The van der Waals surface area contributed by atoms with Gasteiger partial charge in [0.2, 0.25) is 0 Å². The van der Waals surface area contributed by atoms with Crippen molar-refractivity contribution in [3.05, 3.63) is 29.6 Å². The molecule has 0 spiro atoms. The zero-order valence-electron chi connectivity index (χ0n) is 9.77. The van der Waals surface area contributed by atoms with Gasteiger partial charge in [-0.3, -0.25) is 10.1 Å². The third kappa shape index (κ3) is 4.02. The molecule has 3 amide bonds. The molecule has 0 fully saturated rings. The molecule has 0 aromatic heterocycles. The molecular formula is C11H14FN3O3. The maximum atomic E-state index is 13.0. The predicted molar refractivity (Wildman–Crippen MR) is 62.2 cm³/mol. The Morgan fingerprint density at radius 1 is 1.50 bits per heavy atom. The van der Waals surface area contributed by atoms with Crippen molar-refractivity contribution in [2.45, 2.75) is 13.0 Å². The van der Waals surface area contributed by atoms with Crippen LogP contribution in [0.15, 0.2) is 18.2 Å². The molecule has 98 valence electrons. The van der Waals surface area contributed by atoms with Crippen LogP contribution in [0.2, 0.25) is 0 Å². The quantitative estimate of drug-likeness (QED) is 0.724. The lowest BCUT2D eigenvalue weighted by Crippen LogP contribution is -2.38. The van der Waals surface area contributed by atoms with Crippen LogP contribution in [-0.2, 0) is 4.79 Å². The third-order valence-electron chi connectivity index (χ3n) is 2.09. The van der Waals surface area contributed by atoms with E-state index in [0.29, 0.717) is 5.56 Å². The Labute approximate surface area is 103 Å². The van der Waals surface area contributed by atoms with Crippen molar-refractivity contribution in [3.8, 4) is 5.75 Å². The topological polar surface area (TPSA) is 107 Å². The van der Waals surface area contributed by atoms with Gasteiger partial charge in [-0.15, -0.1) is 0 Å². The molecule has 0 aliphatic heterocycles. The Hall–Kier alpha value is -2.15.